The van der Waals surface area contributed by atoms with Crippen molar-refractivity contribution < 1.29 is 29.3 Å². The molecule has 8 heteroatoms. The van der Waals surface area contributed by atoms with Crippen molar-refractivity contribution in [2.75, 3.05) is 26.2 Å². The summed E-state index contributed by atoms with van der Waals surface area (Å²) in [6.07, 6.45) is 4.23. The number of piperazine rings is 1. The molecule has 1 atom stereocenters. The molecule has 0 radical (unpaired) electrons. The van der Waals surface area contributed by atoms with Gasteiger partial charge in [-0.15, -0.1) is 0 Å². The number of carboxylic acids is 2. The maximum absolute atomic E-state index is 11.5. The van der Waals surface area contributed by atoms with Gasteiger partial charge in [-0.2, -0.15) is 0 Å². The summed E-state index contributed by atoms with van der Waals surface area (Å²) >= 11 is 0. The number of nitrogens with zero attached hydrogens (tertiary/aromatic N) is 1. The van der Waals surface area contributed by atoms with Crippen LogP contribution in [0.25, 0.3) is 0 Å². The SMILES string of the molecule is CC(C)(C)OC(=O)N1CCNCC1.C[C@@]1(C(=O)O)C=CC=C(C(=O)O)C1. The number of rotatable bonds is 2. The normalized spacial score (nSPS) is 22.6. The number of hydrogen-bond acceptors (Lipinski definition) is 5. The first-order valence-corrected chi connectivity index (χ1v) is 8.48. The molecular formula is C18H28N2O6. The molecular weight excluding hydrogens is 340 g/mol. The molecule has 1 fully saturated rings. The van der Waals surface area contributed by atoms with Gasteiger partial charge >= 0.3 is 18.0 Å². The van der Waals surface area contributed by atoms with Crippen molar-refractivity contribution in [2.45, 2.75) is 39.7 Å². The summed E-state index contributed by atoms with van der Waals surface area (Å²) in [6, 6.07) is 0. The van der Waals surface area contributed by atoms with Crippen molar-refractivity contribution in [3.05, 3.63) is 23.8 Å². The second-order valence-electron chi connectivity index (χ2n) is 7.47. The number of carbonyl (C=O) groups excluding carboxylic acids is 1. The van der Waals surface area contributed by atoms with Gasteiger partial charge in [-0.1, -0.05) is 18.2 Å². The number of hydrogen-bond donors (Lipinski definition) is 3. The molecule has 2 aliphatic rings. The van der Waals surface area contributed by atoms with Crippen molar-refractivity contribution in [1.29, 1.82) is 0 Å². The number of allylic oxidation sites excluding steroid dienone is 2. The quantitative estimate of drug-likeness (QED) is 0.681. The van der Waals surface area contributed by atoms with Crippen LogP contribution >= 0.6 is 0 Å². The Balaban J connectivity index is 0.000000260. The third kappa shape index (κ3) is 6.87. The first-order chi connectivity index (χ1) is 11.9. The minimum Gasteiger partial charge on any atom is -0.481 e. The Hall–Kier alpha value is -2.35. The maximum atomic E-state index is 11.5. The van der Waals surface area contributed by atoms with Crippen LogP contribution in [0.1, 0.15) is 34.1 Å². The molecule has 3 N–H and O–H groups in total. The summed E-state index contributed by atoms with van der Waals surface area (Å²) in [5, 5.41) is 20.7. The lowest BCUT2D eigenvalue weighted by molar-refractivity contribution is -0.145. The summed E-state index contributed by atoms with van der Waals surface area (Å²) in [4.78, 5) is 34.6. The van der Waals surface area contributed by atoms with Gasteiger partial charge in [0.05, 0.1) is 5.41 Å². The zero-order valence-electron chi connectivity index (χ0n) is 15.7. The van der Waals surface area contributed by atoms with Crippen LogP contribution in [0.5, 0.6) is 0 Å². The third-order valence-electron chi connectivity index (χ3n) is 3.85. The van der Waals surface area contributed by atoms with Crippen LogP contribution in [0, 0.1) is 5.41 Å². The number of nitrogens with one attached hydrogen (secondary N) is 1. The van der Waals surface area contributed by atoms with Crippen LogP contribution in [0.3, 0.4) is 0 Å². The first-order valence-electron chi connectivity index (χ1n) is 8.48. The minimum absolute atomic E-state index is 0.0359. The van der Waals surface area contributed by atoms with E-state index in [1.54, 1.807) is 4.90 Å². The van der Waals surface area contributed by atoms with E-state index in [0.29, 0.717) is 0 Å². The van der Waals surface area contributed by atoms with E-state index in [0.717, 1.165) is 26.2 Å². The second kappa shape index (κ2) is 8.84. The van der Waals surface area contributed by atoms with E-state index >= 15 is 0 Å². The molecule has 0 aromatic heterocycles. The van der Waals surface area contributed by atoms with Gasteiger partial charge in [0.25, 0.3) is 0 Å². The van der Waals surface area contributed by atoms with Crippen molar-refractivity contribution in [1.82, 2.24) is 10.2 Å². The topological polar surface area (TPSA) is 116 Å². The van der Waals surface area contributed by atoms with Gasteiger partial charge in [0, 0.05) is 31.8 Å². The fourth-order valence-electron chi connectivity index (χ4n) is 2.36. The minimum atomic E-state index is -1.08. The van der Waals surface area contributed by atoms with Crippen molar-refractivity contribution in [3.63, 3.8) is 0 Å². The molecule has 8 nitrogen and oxygen atoms in total. The van der Waals surface area contributed by atoms with Crippen molar-refractivity contribution >= 4 is 18.0 Å². The number of carboxylic acid groups (broad SMARTS) is 2. The maximum Gasteiger partial charge on any atom is 0.410 e. The molecule has 0 bridgehead atoms. The van der Waals surface area contributed by atoms with Crippen LogP contribution in [-0.4, -0.2) is 64.9 Å². The van der Waals surface area contributed by atoms with Crippen LogP contribution in [0.4, 0.5) is 4.79 Å². The zero-order valence-corrected chi connectivity index (χ0v) is 15.7. The molecule has 0 aromatic carbocycles. The van der Waals surface area contributed by atoms with Gasteiger partial charge < -0.3 is 25.2 Å². The summed E-state index contributed by atoms with van der Waals surface area (Å²) in [7, 11) is 0. The van der Waals surface area contributed by atoms with E-state index in [1.165, 1.54) is 25.2 Å². The van der Waals surface area contributed by atoms with Crippen molar-refractivity contribution in [2.24, 2.45) is 5.41 Å². The molecule has 1 aliphatic carbocycles. The summed E-state index contributed by atoms with van der Waals surface area (Å²) in [5.74, 6) is -2.06. The lowest BCUT2D eigenvalue weighted by Gasteiger charge is -2.30. The zero-order chi connectivity index (χ0) is 20.0. The lowest BCUT2D eigenvalue weighted by atomic mass is 9.80. The molecule has 0 unspecified atom stereocenters. The average molecular weight is 368 g/mol. The number of ether oxygens (including phenoxy) is 1. The van der Waals surface area contributed by atoms with E-state index in [1.807, 2.05) is 20.8 Å². The van der Waals surface area contributed by atoms with Crippen LogP contribution in [0.2, 0.25) is 0 Å². The van der Waals surface area contributed by atoms with Crippen LogP contribution in [0.15, 0.2) is 23.8 Å². The summed E-state index contributed by atoms with van der Waals surface area (Å²) in [5.41, 5.74) is -1.34. The Labute approximate surface area is 153 Å². The fraction of sp³-hybridized carbons (Fsp3) is 0.611. The van der Waals surface area contributed by atoms with E-state index < -0.39 is 17.4 Å². The van der Waals surface area contributed by atoms with Crippen molar-refractivity contribution in [3.8, 4) is 0 Å². The Bertz CT molecular complexity index is 599. The third-order valence-corrected chi connectivity index (χ3v) is 3.85. The van der Waals surface area contributed by atoms with Gasteiger partial charge in [-0.05, 0) is 34.1 Å². The van der Waals surface area contributed by atoms with Crippen LogP contribution < -0.4 is 5.32 Å². The highest BCUT2D eigenvalue weighted by atomic mass is 16.6. The molecule has 2 rings (SSSR count). The van der Waals surface area contributed by atoms with E-state index in [2.05, 4.69) is 5.32 Å². The predicted octanol–water partition coefficient (Wildman–Crippen LogP) is 1.87. The van der Waals surface area contributed by atoms with Crippen LogP contribution in [-0.2, 0) is 14.3 Å². The predicted molar refractivity (Wildman–Crippen MR) is 95.9 cm³/mol. The Morgan fingerprint density at radius 2 is 1.77 bits per heavy atom. The van der Waals surface area contributed by atoms with Gasteiger partial charge in [-0.3, -0.25) is 4.79 Å². The van der Waals surface area contributed by atoms with Gasteiger partial charge in [0.15, 0.2) is 0 Å². The Morgan fingerprint density at radius 1 is 1.19 bits per heavy atom. The van der Waals surface area contributed by atoms with Gasteiger partial charge in [0.1, 0.15) is 5.60 Å². The molecule has 146 valence electrons. The molecule has 0 spiro atoms. The Morgan fingerprint density at radius 3 is 2.23 bits per heavy atom. The smallest absolute Gasteiger partial charge is 0.410 e. The second-order valence-corrected chi connectivity index (χ2v) is 7.47. The molecule has 0 saturated carbocycles. The molecule has 26 heavy (non-hydrogen) atoms. The molecule has 1 aliphatic heterocycles. The number of aliphatic carboxylic acids is 2. The summed E-state index contributed by atoms with van der Waals surface area (Å²) in [6.45, 7) is 10.4. The first kappa shape index (κ1) is 21.7. The highest BCUT2D eigenvalue weighted by molar-refractivity contribution is 5.90. The molecule has 1 amide bonds. The molecule has 0 aromatic rings. The lowest BCUT2D eigenvalue weighted by Crippen LogP contribution is -2.48. The van der Waals surface area contributed by atoms with E-state index in [4.69, 9.17) is 14.9 Å². The van der Waals surface area contributed by atoms with E-state index in [-0.39, 0.29) is 23.7 Å². The largest absolute Gasteiger partial charge is 0.481 e. The summed E-state index contributed by atoms with van der Waals surface area (Å²) < 4.78 is 5.24. The molecule has 1 heterocycles. The standard InChI is InChI=1S/C9H18N2O2.C9H10O4/c1-9(2,3)13-8(12)11-6-4-10-5-7-11;1-9(8(12)13)4-2-3-6(5-9)7(10)11/h10H,4-7H2,1-3H3;2-4H,5H2,1H3,(H,10,11)(H,12,13)/t;9-/m.1/s1. The van der Waals surface area contributed by atoms with E-state index in [9.17, 15) is 14.4 Å². The Kier molecular flexibility index (Phi) is 7.38. The molecule has 1 saturated heterocycles. The number of carbonyl (C=O) groups is 3. The average Bonchev–Trinajstić information content (AvgIpc) is 2.54. The van der Waals surface area contributed by atoms with Gasteiger partial charge in [-0.25, -0.2) is 9.59 Å². The monoisotopic (exact) mass is 368 g/mol. The fourth-order valence-corrected chi connectivity index (χ4v) is 2.36. The highest BCUT2D eigenvalue weighted by Gasteiger charge is 2.34. The van der Waals surface area contributed by atoms with Gasteiger partial charge in [0.2, 0.25) is 0 Å². The highest BCUT2D eigenvalue weighted by Crippen LogP contribution is 2.31. The number of amides is 1.